The lowest BCUT2D eigenvalue weighted by molar-refractivity contribution is -0.147. The topological polar surface area (TPSA) is 69.6 Å². The second-order valence-corrected chi connectivity index (χ2v) is 7.46. The second kappa shape index (κ2) is 5.79. The van der Waals surface area contributed by atoms with Gasteiger partial charge in [0.2, 0.25) is 5.91 Å². The minimum absolute atomic E-state index is 0.0260. The summed E-state index contributed by atoms with van der Waals surface area (Å²) in [4.78, 5) is 26.0. The van der Waals surface area contributed by atoms with Crippen LogP contribution in [0.1, 0.15) is 20.3 Å². The van der Waals surface area contributed by atoms with Gasteiger partial charge in [0, 0.05) is 13.1 Å². The van der Waals surface area contributed by atoms with Gasteiger partial charge in [0.25, 0.3) is 0 Å². The summed E-state index contributed by atoms with van der Waals surface area (Å²) in [6, 6.07) is 0. The molecule has 4 atom stereocenters. The minimum atomic E-state index is -0.848. The molecule has 21 heavy (non-hydrogen) atoms. The highest BCUT2D eigenvalue weighted by Gasteiger charge is 2.51. The van der Waals surface area contributed by atoms with Crippen molar-refractivity contribution in [3.05, 3.63) is 12.2 Å². The Bertz CT molecular complexity index is 456. The number of rotatable bonds is 6. The summed E-state index contributed by atoms with van der Waals surface area (Å²) < 4.78 is 0. The third-order valence-corrected chi connectivity index (χ3v) is 4.53. The fraction of sp³-hybridized carbons (Fsp3) is 0.750. The Morgan fingerprint density at radius 3 is 2.33 bits per heavy atom. The molecule has 0 heterocycles. The van der Waals surface area contributed by atoms with Gasteiger partial charge in [0.05, 0.1) is 11.8 Å². The third-order valence-electron chi connectivity index (χ3n) is 4.53. The van der Waals surface area contributed by atoms with E-state index < -0.39 is 17.8 Å². The Hall–Kier alpha value is -1.36. The van der Waals surface area contributed by atoms with Crippen molar-refractivity contribution in [2.24, 2.45) is 29.1 Å². The molecule has 2 unspecified atom stereocenters. The van der Waals surface area contributed by atoms with Gasteiger partial charge in [-0.15, -0.1) is 0 Å². The number of fused-ring (bicyclic) bond motifs is 2. The van der Waals surface area contributed by atoms with Crippen LogP contribution in [0.3, 0.4) is 0 Å². The molecule has 2 aliphatic carbocycles. The first kappa shape index (κ1) is 16.0. The van der Waals surface area contributed by atoms with E-state index >= 15 is 0 Å². The van der Waals surface area contributed by atoms with Crippen molar-refractivity contribution < 1.29 is 14.7 Å². The van der Waals surface area contributed by atoms with Gasteiger partial charge in [-0.05, 0) is 37.8 Å². The molecule has 0 spiro atoms. The number of carbonyl (C=O) groups is 2. The second-order valence-electron chi connectivity index (χ2n) is 7.46. The number of aliphatic carboxylic acids is 1. The lowest BCUT2D eigenvalue weighted by Crippen LogP contribution is -2.45. The molecule has 5 heteroatoms. The van der Waals surface area contributed by atoms with E-state index in [1.807, 2.05) is 26.2 Å². The molecule has 0 aromatic rings. The number of carboxylic acids is 1. The molecule has 118 valence electrons. The van der Waals surface area contributed by atoms with Crippen LogP contribution in [-0.4, -0.2) is 49.1 Å². The minimum Gasteiger partial charge on any atom is -0.481 e. The highest BCUT2D eigenvalue weighted by atomic mass is 16.4. The number of amides is 1. The van der Waals surface area contributed by atoms with Crippen LogP contribution in [0, 0.1) is 29.1 Å². The summed E-state index contributed by atoms with van der Waals surface area (Å²) >= 11 is 0. The average Bonchev–Trinajstić information content (AvgIpc) is 2.94. The predicted molar refractivity (Wildman–Crippen MR) is 80.7 cm³/mol. The molecule has 1 saturated carbocycles. The van der Waals surface area contributed by atoms with Gasteiger partial charge in [0.15, 0.2) is 0 Å². The SMILES string of the molecule is CN(C)CC(C)(C)CNC(=O)[C@H]1C2C=CC(C2)[C@H]1C(=O)O. The predicted octanol–water partition coefficient (Wildman–Crippen LogP) is 1.21. The van der Waals surface area contributed by atoms with Gasteiger partial charge < -0.3 is 15.3 Å². The maximum absolute atomic E-state index is 12.5. The van der Waals surface area contributed by atoms with Crippen molar-refractivity contribution >= 4 is 11.9 Å². The van der Waals surface area contributed by atoms with Crippen LogP contribution in [0.5, 0.6) is 0 Å². The number of nitrogens with one attached hydrogen (secondary N) is 1. The van der Waals surface area contributed by atoms with Crippen molar-refractivity contribution in [2.45, 2.75) is 20.3 Å². The fourth-order valence-corrected chi connectivity index (χ4v) is 3.87. The van der Waals surface area contributed by atoms with Crippen LogP contribution in [-0.2, 0) is 9.59 Å². The molecule has 0 aromatic heterocycles. The molecule has 0 radical (unpaired) electrons. The van der Waals surface area contributed by atoms with Gasteiger partial charge in [-0.1, -0.05) is 26.0 Å². The summed E-state index contributed by atoms with van der Waals surface area (Å²) in [6.07, 6.45) is 4.78. The van der Waals surface area contributed by atoms with Gasteiger partial charge in [-0.2, -0.15) is 0 Å². The summed E-state index contributed by atoms with van der Waals surface area (Å²) in [7, 11) is 4.01. The van der Waals surface area contributed by atoms with Gasteiger partial charge >= 0.3 is 5.97 Å². The number of nitrogens with zero attached hydrogens (tertiary/aromatic N) is 1. The molecular weight excluding hydrogens is 268 g/mol. The summed E-state index contributed by atoms with van der Waals surface area (Å²) in [6.45, 7) is 5.63. The van der Waals surface area contributed by atoms with Crippen molar-refractivity contribution in [2.75, 3.05) is 27.2 Å². The van der Waals surface area contributed by atoms with E-state index in [0.717, 1.165) is 13.0 Å². The first-order chi connectivity index (χ1) is 9.71. The van der Waals surface area contributed by atoms with E-state index in [1.54, 1.807) is 0 Å². The van der Waals surface area contributed by atoms with Gasteiger partial charge in [-0.3, -0.25) is 9.59 Å². The number of carboxylic acid groups (broad SMARTS) is 1. The molecule has 2 aliphatic rings. The largest absolute Gasteiger partial charge is 0.481 e. The highest BCUT2D eigenvalue weighted by molar-refractivity contribution is 5.86. The van der Waals surface area contributed by atoms with E-state index in [0.29, 0.717) is 6.54 Å². The Balaban J connectivity index is 1.97. The Labute approximate surface area is 126 Å². The van der Waals surface area contributed by atoms with Crippen molar-refractivity contribution in [3.8, 4) is 0 Å². The molecule has 0 saturated heterocycles. The van der Waals surface area contributed by atoms with Crippen LogP contribution in [0.15, 0.2) is 12.2 Å². The van der Waals surface area contributed by atoms with Crippen LogP contribution < -0.4 is 5.32 Å². The molecule has 2 rings (SSSR count). The molecule has 0 aliphatic heterocycles. The average molecular weight is 294 g/mol. The van der Waals surface area contributed by atoms with E-state index in [4.69, 9.17) is 0 Å². The molecule has 1 fully saturated rings. The van der Waals surface area contributed by atoms with E-state index in [9.17, 15) is 14.7 Å². The zero-order chi connectivity index (χ0) is 15.8. The molecule has 2 N–H and O–H groups in total. The zero-order valence-electron chi connectivity index (χ0n) is 13.3. The van der Waals surface area contributed by atoms with Crippen LogP contribution >= 0.6 is 0 Å². The van der Waals surface area contributed by atoms with Crippen LogP contribution in [0.2, 0.25) is 0 Å². The zero-order valence-corrected chi connectivity index (χ0v) is 13.3. The van der Waals surface area contributed by atoms with Crippen molar-refractivity contribution in [1.82, 2.24) is 10.2 Å². The van der Waals surface area contributed by atoms with Crippen molar-refractivity contribution in [1.29, 1.82) is 0 Å². The number of allylic oxidation sites excluding steroid dienone is 2. The van der Waals surface area contributed by atoms with E-state index in [1.165, 1.54) is 0 Å². The maximum Gasteiger partial charge on any atom is 0.307 e. The quantitative estimate of drug-likeness (QED) is 0.723. The lowest BCUT2D eigenvalue weighted by atomic mass is 9.82. The highest BCUT2D eigenvalue weighted by Crippen LogP contribution is 2.48. The fourth-order valence-electron chi connectivity index (χ4n) is 3.87. The Kier molecular flexibility index (Phi) is 4.42. The number of hydrogen-bond acceptors (Lipinski definition) is 3. The normalized spacial score (nSPS) is 30.9. The maximum atomic E-state index is 12.5. The molecule has 5 nitrogen and oxygen atoms in total. The van der Waals surface area contributed by atoms with Crippen molar-refractivity contribution in [3.63, 3.8) is 0 Å². The summed E-state index contributed by atoms with van der Waals surface area (Å²) in [5.74, 6) is -1.80. The number of hydrogen-bond donors (Lipinski definition) is 2. The third kappa shape index (κ3) is 3.46. The standard InChI is InChI=1S/C16H26N2O3/c1-16(2,9-18(3)4)8-17-14(19)12-10-5-6-11(7-10)13(12)15(20)21/h5-6,10-13H,7-9H2,1-4H3,(H,17,19)(H,20,21)/t10?,11?,12-,13+/m0/s1. The Morgan fingerprint density at radius 1 is 1.24 bits per heavy atom. The lowest BCUT2D eigenvalue weighted by Gasteiger charge is -2.30. The van der Waals surface area contributed by atoms with Gasteiger partial charge in [0.1, 0.15) is 0 Å². The molecular formula is C16H26N2O3. The van der Waals surface area contributed by atoms with E-state index in [-0.39, 0.29) is 23.2 Å². The molecule has 2 bridgehead atoms. The van der Waals surface area contributed by atoms with Gasteiger partial charge in [-0.25, -0.2) is 0 Å². The summed E-state index contributed by atoms with van der Waals surface area (Å²) in [5.41, 5.74) is -0.0364. The molecule has 1 amide bonds. The van der Waals surface area contributed by atoms with Crippen LogP contribution in [0.25, 0.3) is 0 Å². The smallest absolute Gasteiger partial charge is 0.307 e. The number of carbonyl (C=O) groups excluding carboxylic acids is 1. The first-order valence-electron chi connectivity index (χ1n) is 7.55. The molecule has 0 aromatic carbocycles. The Morgan fingerprint density at radius 2 is 1.81 bits per heavy atom. The first-order valence-corrected chi connectivity index (χ1v) is 7.55. The monoisotopic (exact) mass is 294 g/mol. The van der Waals surface area contributed by atoms with Crippen LogP contribution in [0.4, 0.5) is 0 Å². The van der Waals surface area contributed by atoms with E-state index in [2.05, 4.69) is 24.1 Å². The summed E-state index contributed by atoms with van der Waals surface area (Å²) in [5, 5.41) is 12.4.